The zero-order valence-electron chi connectivity index (χ0n) is 19.9. The van der Waals surface area contributed by atoms with Gasteiger partial charge in [0.25, 0.3) is 0 Å². The molecule has 1 unspecified atom stereocenters. The van der Waals surface area contributed by atoms with E-state index in [1.807, 2.05) is 38.1 Å². The number of hydrogen-bond acceptors (Lipinski definition) is 6. The van der Waals surface area contributed by atoms with Crippen LogP contribution >= 0.6 is 0 Å². The van der Waals surface area contributed by atoms with Crippen molar-refractivity contribution in [1.29, 1.82) is 0 Å². The monoisotopic (exact) mass is 458 g/mol. The van der Waals surface area contributed by atoms with Gasteiger partial charge in [0.1, 0.15) is 11.5 Å². The van der Waals surface area contributed by atoms with Gasteiger partial charge in [-0.15, -0.1) is 0 Å². The summed E-state index contributed by atoms with van der Waals surface area (Å²) in [5, 5.41) is 36.0. The molecule has 5 N–H and O–H groups in total. The zero-order chi connectivity index (χ0) is 24.3. The summed E-state index contributed by atoms with van der Waals surface area (Å²) in [4.78, 5) is 12.2. The standard InChI is InChI=1S/C26H38N2O5/c1-4-10-33-11-6-9-27-25(32)13-19-7-5-8-20(12-19)17-26(2,3)28-18-24(31)21-14-22(29)16-23(30)15-21/h5,7-8,12,14-16,24,28-31H,4,6,9-11,13,17-18H2,1-3H3,(H,27,32). The number of aliphatic hydroxyl groups is 1. The fourth-order valence-corrected chi connectivity index (χ4v) is 3.62. The van der Waals surface area contributed by atoms with Crippen molar-refractivity contribution in [3.63, 3.8) is 0 Å². The number of ether oxygens (including phenoxy) is 1. The maximum atomic E-state index is 12.2. The van der Waals surface area contributed by atoms with Crippen LogP contribution in [0.4, 0.5) is 0 Å². The van der Waals surface area contributed by atoms with Crippen molar-refractivity contribution >= 4 is 5.91 Å². The van der Waals surface area contributed by atoms with E-state index in [4.69, 9.17) is 4.74 Å². The highest BCUT2D eigenvalue weighted by molar-refractivity contribution is 5.78. The van der Waals surface area contributed by atoms with E-state index in [1.54, 1.807) is 0 Å². The maximum Gasteiger partial charge on any atom is 0.224 e. The Bertz CT molecular complexity index is 864. The lowest BCUT2D eigenvalue weighted by atomic mass is 9.93. The molecular weight excluding hydrogens is 420 g/mol. The van der Waals surface area contributed by atoms with E-state index < -0.39 is 6.10 Å². The summed E-state index contributed by atoms with van der Waals surface area (Å²) in [5.41, 5.74) is 2.17. The summed E-state index contributed by atoms with van der Waals surface area (Å²) in [6.07, 6.45) is 1.97. The summed E-state index contributed by atoms with van der Waals surface area (Å²) in [5.74, 6) is -0.180. The molecule has 0 heterocycles. The van der Waals surface area contributed by atoms with Gasteiger partial charge in [-0.2, -0.15) is 0 Å². The van der Waals surface area contributed by atoms with E-state index in [0.717, 1.165) is 30.6 Å². The van der Waals surface area contributed by atoms with E-state index in [0.29, 0.717) is 31.6 Å². The number of carbonyl (C=O) groups is 1. The molecule has 2 rings (SSSR count). The minimum Gasteiger partial charge on any atom is -0.508 e. The highest BCUT2D eigenvalue weighted by atomic mass is 16.5. The summed E-state index contributed by atoms with van der Waals surface area (Å²) in [7, 11) is 0. The highest BCUT2D eigenvalue weighted by Crippen LogP contribution is 2.25. The number of aromatic hydroxyl groups is 2. The van der Waals surface area contributed by atoms with Gasteiger partial charge in [0.2, 0.25) is 5.91 Å². The van der Waals surface area contributed by atoms with Crippen molar-refractivity contribution in [2.45, 2.75) is 58.1 Å². The van der Waals surface area contributed by atoms with Crippen LogP contribution in [0.15, 0.2) is 42.5 Å². The minimum atomic E-state index is -0.871. The van der Waals surface area contributed by atoms with Crippen molar-refractivity contribution in [2.24, 2.45) is 0 Å². The predicted molar refractivity (Wildman–Crippen MR) is 129 cm³/mol. The largest absolute Gasteiger partial charge is 0.508 e. The second-order valence-corrected chi connectivity index (χ2v) is 9.05. The van der Waals surface area contributed by atoms with E-state index in [1.165, 1.54) is 18.2 Å². The zero-order valence-corrected chi connectivity index (χ0v) is 19.9. The van der Waals surface area contributed by atoms with Crippen molar-refractivity contribution < 1.29 is 24.9 Å². The highest BCUT2D eigenvalue weighted by Gasteiger charge is 2.20. The molecule has 0 aromatic heterocycles. The van der Waals surface area contributed by atoms with Gasteiger partial charge in [0.05, 0.1) is 12.5 Å². The van der Waals surface area contributed by atoms with Crippen LogP contribution in [-0.4, -0.2) is 53.1 Å². The molecule has 1 atom stereocenters. The number of β-amino-alcohol motifs (C(OH)–C–C–N with tert-alkyl or cyclic N) is 1. The molecule has 2 aromatic rings. The third kappa shape index (κ3) is 10.2. The Labute approximate surface area is 196 Å². The average Bonchev–Trinajstić information content (AvgIpc) is 2.74. The smallest absolute Gasteiger partial charge is 0.224 e. The quantitative estimate of drug-likeness (QED) is 0.278. The topological polar surface area (TPSA) is 111 Å². The number of phenols is 2. The van der Waals surface area contributed by atoms with Crippen LogP contribution in [0.1, 0.15) is 56.4 Å². The Hall–Kier alpha value is -2.61. The van der Waals surface area contributed by atoms with E-state index in [-0.39, 0.29) is 29.5 Å². The number of phenolic OH excluding ortho intramolecular Hbond substituents is 2. The first-order chi connectivity index (χ1) is 15.7. The molecule has 1 amide bonds. The fourth-order valence-electron chi connectivity index (χ4n) is 3.62. The van der Waals surface area contributed by atoms with Gasteiger partial charge < -0.3 is 30.7 Å². The van der Waals surface area contributed by atoms with Crippen LogP contribution in [0.3, 0.4) is 0 Å². The Morgan fingerprint density at radius 2 is 1.76 bits per heavy atom. The molecule has 0 bridgehead atoms. The molecule has 0 aliphatic rings. The van der Waals surface area contributed by atoms with E-state index in [2.05, 4.69) is 17.6 Å². The SMILES string of the molecule is CCCOCCCNC(=O)Cc1cccc(CC(C)(C)NCC(O)c2cc(O)cc(O)c2)c1. The molecule has 33 heavy (non-hydrogen) atoms. The maximum absolute atomic E-state index is 12.2. The lowest BCUT2D eigenvalue weighted by Gasteiger charge is -2.28. The van der Waals surface area contributed by atoms with E-state index in [9.17, 15) is 20.1 Å². The Morgan fingerprint density at radius 3 is 2.45 bits per heavy atom. The molecule has 182 valence electrons. The number of rotatable bonds is 14. The first-order valence-electron chi connectivity index (χ1n) is 11.6. The van der Waals surface area contributed by atoms with Gasteiger partial charge in [-0.3, -0.25) is 4.79 Å². The van der Waals surface area contributed by atoms with Crippen LogP contribution < -0.4 is 10.6 Å². The van der Waals surface area contributed by atoms with Crippen molar-refractivity contribution in [1.82, 2.24) is 10.6 Å². The molecule has 0 saturated heterocycles. The van der Waals surface area contributed by atoms with Crippen LogP contribution in [0.5, 0.6) is 11.5 Å². The molecule has 7 heteroatoms. The summed E-state index contributed by atoms with van der Waals surface area (Å²) < 4.78 is 5.42. The molecule has 0 aliphatic heterocycles. The number of nitrogens with one attached hydrogen (secondary N) is 2. The molecule has 0 fully saturated rings. The third-order valence-corrected chi connectivity index (χ3v) is 5.22. The first-order valence-corrected chi connectivity index (χ1v) is 11.6. The summed E-state index contributed by atoms with van der Waals surface area (Å²) in [6, 6.07) is 12.1. The number of benzene rings is 2. The van der Waals surface area contributed by atoms with Crippen LogP contribution in [0.2, 0.25) is 0 Å². The number of amides is 1. The molecule has 0 saturated carbocycles. The Morgan fingerprint density at radius 1 is 1.06 bits per heavy atom. The minimum absolute atomic E-state index is 0.00230. The van der Waals surface area contributed by atoms with Gasteiger partial charge in [-0.25, -0.2) is 0 Å². The Kier molecular flexibility index (Phi) is 10.6. The summed E-state index contributed by atoms with van der Waals surface area (Å²) in [6.45, 7) is 8.44. The van der Waals surface area contributed by atoms with E-state index >= 15 is 0 Å². The first kappa shape index (κ1) is 26.6. The number of carbonyl (C=O) groups excluding carboxylic acids is 1. The fraction of sp³-hybridized carbons (Fsp3) is 0.500. The number of aliphatic hydroxyl groups excluding tert-OH is 1. The average molecular weight is 459 g/mol. The third-order valence-electron chi connectivity index (χ3n) is 5.22. The summed E-state index contributed by atoms with van der Waals surface area (Å²) >= 11 is 0. The van der Waals surface area contributed by atoms with Gasteiger partial charge in [-0.1, -0.05) is 31.2 Å². The van der Waals surface area contributed by atoms with Crippen molar-refractivity contribution in [3.05, 3.63) is 59.2 Å². The van der Waals surface area contributed by atoms with Crippen molar-refractivity contribution in [2.75, 3.05) is 26.3 Å². The molecule has 0 aliphatic carbocycles. The van der Waals surface area contributed by atoms with Gasteiger partial charge >= 0.3 is 0 Å². The second-order valence-electron chi connectivity index (χ2n) is 9.05. The van der Waals surface area contributed by atoms with Crippen LogP contribution in [-0.2, 0) is 22.4 Å². The van der Waals surface area contributed by atoms with Gasteiger partial charge in [0.15, 0.2) is 0 Å². The molecule has 0 radical (unpaired) electrons. The lowest BCUT2D eigenvalue weighted by molar-refractivity contribution is -0.120. The number of hydrogen-bond donors (Lipinski definition) is 5. The molecule has 0 spiro atoms. The molecule has 2 aromatic carbocycles. The lowest BCUT2D eigenvalue weighted by Crippen LogP contribution is -2.43. The van der Waals surface area contributed by atoms with Crippen LogP contribution in [0, 0.1) is 0 Å². The van der Waals surface area contributed by atoms with Gasteiger partial charge in [-0.05, 0) is 61.9 Å². The Balaban J connectivity index is 1.83. The second kappa shape index (κ2) is 13.2. The molecule has 7 nitrogen and oxygen atoms in total. The predicted octanol–water partition coefficient (Wildman–Crippen LogP) is 3.22. The van der Waals surface area contributed by atoms with Crippen LogP contribution in [0.25, 0.3) is 0 Å². The van der Waals surface area contributed by atoms with Crippen molar-refractivity contribution in [3.8, 4) is 11.5 Å². The molecular formula is C26H38N2O5. The normalized spacial score (nSPS) is 12.5. The van der Waals surface area contributed by atoms with Gasteiger partial charge in [0, 0.05) is 37.9 Å².